The van der Waals surface area contributed by atoms with Crippen LogP contribution in [0.5, 0.6) is 0 Å². The zero-order valence-corrected chi connectivity index (χ0v) is 13.9. The summed E-state index contributed by atoms with van der Waals surface area (Å²) in [6, 6.07) is 14.2. The van der Waals surface area contributed by atoms with Crippen LogP contribution in [0.25, 0.3) is 11.1 Å². The van der Waals surface area contributed by atoms with Crippen molar-refractivity contribution in [2.24, 2.45) is 0 Å². The summed E-state index contributed by atoms with van der Waals surface area (Å²) >= 11 is 0. The average molecular weight is 290 g/mol. The van der Waals surface area contributed by atoms with Crippen LogP contribution in [0, 0.1) is 0 Å². The molecule has 2 aromatic carbocycles. The van der Waals surface area contributed by atoms with Gasteiger partial charge in [-0.3, -0.25) is 0 Å². The molecule has 0 bridgehead atoms. The minimum Gasteiger partial charge on any atom is -0.103 e. The summed E-state index contributed by atoms with van der Waals surface area (Å²) < 4.78 is 0. The molecular weight excluding hydrogens is 264 g/mol. The second kappa shape index (κ2) is 6.52. The highest BCUT2D eigenvalue weighted by Gasteiger charge is 2.28. The van der Waals surface area contributed by atoms with Gasteiger partial charge in [0.1, 0.15) is 0 Å². The van der Waals surface area contributed by atoms with Gasteiger partial charge in [-0.2, -0.15) is 0 Å². The van der Waals surface area contributed by atoms with Crippen molar-refractivity contribution in [2.45, 2.75) is 51.9 Å². The smallest absolute Gasteiger partial charge is 0.0102 e. The number of rotatable bonds is 6. The Morgan fingerprint density at radius 2 is 1.45 bits per heavy atom. The van der Waals surface area contributed by atoms with Crippen molar-refractivity contribution in [1.29, 1.82) is 0 Å². The highest BCUT2D eigenvalue weighted by Crippen LogP contribution is 2.47. The molecule has 0 unspecified atom stereocenters. The summed E-state index contributed by atoms with van der Waals surface area (Å²) in [6.45, 7) is 8.33. The van der Waals surface area contributed by atoms with Crippen LogP contribution in [-0.2, 0) is 12.8 Å². The molecule has 3 rings (SSSR count). The van der Waals surface area contributed by atoms with E-state index in [0.717, 1.165) is 19.3 Å². The lowest BCUT2D eigenvalue weighted by atomic mass is 9.91. The topological polar surface area (TPSA) is 0 Å². The molecule has 22 heavy (non-hydrogen) atoms. The summed E-state index contributed by atoms with van der Waals surface area (Å²) in [4.78, 5) is 0. The van der Waals surface area contributed by atoms with Gasteiger partial charge in [-0.25, -0.2) is 0 Å². The summed E-state index contributed by atoms with van der Waals surface area (Å²) in [5.74, 6) is 0.571. The Hall–Kier alpha value is -1.82. The van der Waals surface area contributed by atoms with Crippen LogP contribution in [0.15, 0.2) is 49.1 Å². The van der Waals surface area contributed by atoms with Crippen molar-refractivity contribution in [3.8, 4) is 11.1 Å². The van der Waals surface area contributed by atoms with Crippen molar-refractivity contribution in [3.63, 3.8) is 0 Å². The first-order valence-electron chi connectivity index (χ1n) is 8.65. The number of unbranched alkanes of at least 4 members (excludes halogenated alkanes) is 1. The van der Waals surface area contributed by atoms with E-state index < -0.39 is 0 Å². The van der Waals surface area contributed by atoms with Crippen LogP contribution >= 0.6 is 0 Å². The quantitative estimate of drug-likeness (QED) is 0.434. The molecule has 0 atom stereocenters. The number of hydrogen-bond acceptors (Lipinski definition) is 0. The van der Waals surface area contributed by atoms with Crippen molar-refractivity contribution in [2.75, 3.05) is 0 Å². The number of benzene rings is 2. The standard InChI is InChI=1S/C22H26/c1-4-7-8-9-18-19-12-10-16(5-2)14-21(19)22-15-17(6-3)11-13-20(18)22/h4,10-15,18H,1,5-9H2,2-3H3. The first-order valence-corrected chi connectivity index (χ1v) is 8.65. The lowest BCUT2D eigenvalue weighted by Crippen LogP contribution is -1.97. The molecule has 0 spiro atoms. The fourth-order valence-corrected chi connectivity index (χ4v) is 3.67. The largest absolute Gasteiger partial charge is 0.103 e. The number of hydrogen-bond donors (Lipinski definition) is 0. The van der Waals surface area contributed by atoms with Gasteiger partial charge in [0.05, 0.1) is 0 Å². The third-order valence-corrected chi connectivity index (χ3v) is 4.99. The molecule has 0 fully saturated rings. The van der Waals surface area contributed by atoms with E-state index in [1.54, 1.807) is 0 Å². The second-order valence-electron chi connectivity index (χ2n) is 6.32. The van der Waals surface area contributed by atoms with Crippen LogP contribution in [0.3, 0.4) is 0 Å². The van der Waals surface area contributed by atoms with Crippen molar-refractivity contribution in [1.82, 2.24) is 0 Å². The fraction of sp³-hybridized carbons (Fsp3) is 0.364. The highest BCUT2D eigenvalue weighted by atomic mass is 14.3. The minimum atomic E-state index is 0.571. The molecule has 2 aromatic rings. The predicted molar refractivity (Wildman–Crippen MR) is 96.5 cm³/mol. The molecule has 0 amide bonds. The van der Waals surface area contributed by atoms with E-state index in [0.29, 0.717) is 5.92 Å². The van der Waals surface area contributed by atoms with Crippen molar-refractivity contribution < 1.29 is 0 Å². The van der Waals surface area contributed by atoms with Crippen LogP contribution in [0.4, 0.5) is 0 Å². The van der Waals surface area contributed by atoms with Crippen LogP contribution in [-0.4, -0.2) is 0 Å². The van der Waals surface area contributed by atoms with Gasteiger partial charge < -0.3 is 0 Å². The Morgan fingerprint density at radius 1 is 0.909 bits per heavy atom. The van der Waals surface area contributed by atoms with E-state index in [1.165, 1.54) is 46.2 Å². The van der Waals surface area contributed by atoms with Gasteiger partial charge in [0, 0.05) is 5.92 Å². The molecule has 1 aliphatic rings. The fourth-order valence-electron chi connectivity index (χ4n) is 3.67. The molecule has 0 radical (unpaired) electrons. The van der Waals surface area contributed by atoms with Gasteiger partial charge in [-0.05, 0) is 65.5 Å². The molecule has 1 aliphatic carbocycles. The third-order valence-electron chi connectivity index (χ3n) is 4.99. The van der Waals surface area contributed by atoms with Gasteiger partial charge in [-0.15, -0.1) is 6.58 Å². The summed E-state index contributed by atoms with van der Waals surface area (Å²) in [5.41, 5.74) is 8.91. The Bertz CT molecular complexity index is 625. The summed E-state index contributed by atoms with van der Waals surface area (Å²) in [5, 5.41) is 0. The Kier molecular flexibility index (Phi) is 4.47. The number of fused-ring (bicyclic) bond motifs is 3. The van der Waals surface area contributed by atoms with Crippen LogP contribution < -0.4 is 0 Å². The van der Waals surface area contributed by atoms with Gasteiger partial charge in [0.15, 0.2) is 0 Å². The Labute approximate surface area is 134 Å². The van der Waals surface area contributed by atoms with Gasteiger partial charge in [0.2, 0.25) is 0 Å². The number of aryl methyl sites for hydroxylation is 2. The molecular formula is C22H26. The zero-order valence-electron chi connectivity index (χ0n) is 13.9. The lowest BCUT2D eigenvalue weighted by molar-refractivity contribution is 0.680. The summed E-state index contributed by atoms with van der Waals surface area (Å²) in [7, 11) is 0. The zero-order chi connectivity index (χ0) is 15.5. The highest BCUT2D eigenvalue weighted by molar-refractivity contribution is 5.79. The van der Waals surface area contributed by atoms with E-state index in [2.05, 4.69) is 56.8 Å². The van der Waals surface area contributed by atoms with E-state index in [9.17, 15) is 0 Å². The van der Waals surface area contributed by atoms with E-state index in [-0.39, 0.29) is 0 Å². The van der Waals surface area contributed by atoms with E-state index in [4.69, 9.17) is 0 Å². The number of allylic oxidation sites excluding steroid dienone is 1. The molecule has 0 saturated heterocycles. The molecule has 0 saturated carbocycles. The molecule has 0 aromatic heterocycles. The van der Waals surface area contributed by atoms with E-state index in [1.807, 2.05) is 6.08 Å². The normalized spacial score (nSPS) is 13.0. The molecule has 0 heteroatoms. The maximum Gasteiger partial charge on any atom is 0.0102 e. The molecule has 0 heterocycles. The van der Waals surface area contributed by atoms with Crippen molar-refractivity contribution in [3.05, 3.63) is 71.3 Å². The monoisotopic (exact) mass is 290 g/mol. The molecule has 0 nitrogen and oxygen atoms in total. The van der Waals surface area contributed by atoms with Crippen LogP contribution in [0.1, 0.15) is 61.3 Å². The Balaban J connectivity index is 2.06. The third kappa shape index (κ3) is 2.63. The molecule has 0 aliphatic heterocycles. The Morgan fingerprint density at radius 3 is 1.91 bits per heavy atom. The SMILES string of the molecule is C=CCCCC1c2ccc(CC)cc2-c2cc(CC)ccc21. The predicted octanol–water partition coefficient (Wildman–Crippen LogP) is 6.28. The maximum atomic E-state index is 3.86. The average Bonchev–Trinajstić information content (AvgIpc) is 2.87. The summed E-state index contributed by atoms with van der Waals surface area (Å²) in [6.07, 6.45) is 7.81. The maximum absolute atomic E-state index is 3.86. The first-order chi connectivity index (χ1) is 10.8. The van der Waals surface area contributed by atoms with E-state index >= 15 is 0 Å². The molecule has 0 N–H and O–H groups in total. The second-order valence-corrected chi connectivity index (χ2v) is 6.32. The van der Waals surface area contributed by atoms with Gasteiger partial charge in [-0.1, -0.05) is 56.3 Å². The van der Waals surface area contributed by atoms with Crippen molar-refractivity contribution >= 4 is 0 Å². The molecule has 114 valence electrons. The minimum absolute atomic E-state index is 0.571. The van der Waals surface area contributed by atoms with Gasteiger partial charge >= 0.3 is 0 Å². The lowest BCUT2D eigenvalue weighted by Gasteiger charge is -2.13. The van der Waals surface area contributed by atoms with Gasteiger partial charge in [0.25, 0.3) is 0 Å². The first kappa shape index (κ1) is 15.1. The van der Waals surface area contributed by atoms with Crippen LogP contribution in [0.2, 0.25) is 0 Å².